The smallest absolute Gasteiger partial charge is 0.326 e. The fourth-order valence-electron chi connectivity index (χ4n) is 3.97. The fraction of sp³-hybridized carbons (Fsp3) is 0.538. The van der Waals surface area contributed by atoms with Crippen LogP contribution in [0.3, 0.4) is 0 Å². The molecule has 2 heterocycles. The van der Waals surface area contributed by atoms with Crippen LogP contribution in [0.1, 0.15) is 39.2 Å². The number of hydrogen-bond acceptors (Lipinski definition) is 5. The van der Waals surface area contributed by atoms with Crippen molar-refractivity contribution in [3.8, 4) is 5.75 Å². The molecule has 0 saturated carbocycles. The van der Waals surface area contributed by atoms with E-state index >= 15 is 0 Å². The number of benzene rings is 1. The van der Waals surface area contributed by atoms with E-state index in [0.717, 1.165) is 43.6 Å². The van der Waals surface area contributed by atoms with Crippen LogP contribution in [0.15, 0.2) is 43.0 Å². The summed E-state index contributed by atoms with van der Waals surface area (Å²) in [4.78, 5) is 18.6. The third kappa shape index (κ3) is 7.02. The molecule has 0 spiro atoms. The molecule has 0 unspecified atom stereocenters. The first-order valence-corrected chi connectivity index (χ1v) is 15.1. The molecule has 3 rings (SSSR count). The Bertz CT molecular complexity index is 1020. The Balaban J connectivity index is 1.65. The van der Waals surface area contributed by atoms with Gasteiger partial charge in [0.15, 0.2) is 19.9 Å². The molecular weight excluding hydrogens is 463 g/mol. The average Bonchev–Trinajstić information content (AvgIpc) is 3.33. The maximum atomic E-state index is 14.2. The van der Waals surface area contributed by atoms with Crippen LogP contribution in [0.5, 0.6) is 5.75 Å². The third-order valence-corrected chi connectivity index (χ3v) is 11.6. The molecule has 1 aromatic carbocycles. The number of aromatic nitrogens is 2. The molecule has 1 amide bonds. The number of halogens is 1. The van der Waals surface area contributed by atoms with E-state index in [1.165, 1.54) is 24.1 Å². The monoisotopic (exact) mass is 502 g/mol. The third-order valence-electron chi connectivity index (χ3n) is 7.02. The molecule has 0 bridgehead atoms. The Labute approximate surface area is 209 Å². The van der Waals surface area contributed by atoms with E-state index in [-0.39, 0.29) is 23.0 Å². The van der Waals surface area contributed by atoms with Crippen LogP contribution in [0, 0.1) is 5.82 Å². The number of hydrogen-bond donors (Lipinski definition) is 1. The zero-order valence-corrected chi connectivity index (χ0v) is 22.8. The van der Waals surface area contributed by atoms with E-state index in [4.69, 9.17) is 9.16 Å². The van der Waals surface area contributed by atoms with E-state index in [9.17, 15) is 9.18 Å². The van der Waals surface area contributed by atoms with Gasteiger partial charge in [-0.1, -0.05) is 39.0 Å². The van der Waals surface area contributed by atoms with Crippen molar-refractivity contribution in [3.63, 3.8) is 0 Å². The lowest BCUT2D eigenvalue weighted by Crippen LogP contribution is -2.48. The summed E-state index contributed by atoms with van der Waals surface area (Å²) in [5.41, 5.74) is 1.93. The van der Waals surface area contributed by atoms with E-state index in [2.05, 4.69) is 55.1 Å². The lowest BCUT2D eigenvalue weighted by molar-refractivity contribution is 0.118. The van der Waals surface area contributed by atoms with Crippen LogP contribution >= 0.6 is 0 Å². The number of nitrogens with one attached hydrogen (secondary N) is 1. The minimum absolute atomic E-state index is 0.00219. The number of para-hydroxylation sites is 1. The standard InChI is InChI=1S/C26H39FN4O3Si/c1-26(2,3)35(5,6)34-21(10-13-29-25(32)31-17-14-28-19-31)18-30-15-11-20(12-16-30)22-8-7-9-23(27)24(22)33-4/h7-9,11,14,17,19,21H,10,12-13,15-16,18H2,1-6H3,(H,29,32)/t21-/m1/s1. The lowest BCUT2D eigenvalue weighted by atomic mass is 9.98. The highest BCUT2D eigenvalue weighted by molar-refractivity contribution is 6.74. The van der Waals surface area contributed by atoms with Crippen molar-refractivity contribution < 1.29 is 18.3 Å². The normalized spacial score (nSPS) is 16.0. The first-order valence-electron chi connectivity index (χ1n) is 12.2. The summed E-state index contributed by atoms with van der Waals surface area (Å²) < 4.78 is 27.7. The van der Waals surface area contributed by atoms with Gasteiger partial charge in [-0.15, -0.1) is 0 Å². The number of amides is 1. The summed E-state index contributed by atoms with van der Waals surface area (Å²) in [6.07, 6.45) is 8.39. The number of methoxy groups -OCH3 is 1. The lowest BCUT2D eigenvalue weighted by Gasteiger charge is -2.41. The van der Waals surface area contributed by atoms with Crippen molar-refractivity contribution >= 4 is 19.9 Å². The molecule has 7 nitrogen and oxygen atoms in total. The highest BCUT2D eigenvalue weighted by Crippen LogP contribution is 2.38. The van der Waals surface area contributed by atoms with Gasteiger partial charge in [0, 0.05) is 44.1 Å². The number of imidazole rings is 1. The number of nitrogens with zero attached hydrogens (tertiary/aromatic N) is 3. The molecule has 0 fully saturated rings. The largest absolute Gasteiger partial charge is 0.493 e. The van der Waals surface area contributed by atoms with Gasteiger partial charge in [-0.2, -0.15) is 0 Å². The maximum Gasteiger partial charge on any atom is 0.326 e. The average molecular weight is 503 g/mol. The van der Waals surface area contributed by atoms with Gasteiger partial charge in [-0.05, 0) is 42.6 Å². The molecule has 0 radical (unpaired) electrons. The molecule has 1 aliphatic heterocycles. The second-order valence-corrected chi connectivity index (χ2v) is 15.3. The second kappa shape index (κ2) is 11.5. The Kier molecular flexibility index (Phi) is 8.90. The Morgan fingerprint density at radius 3 is 2.69 bits per heavy atom. The fourth-order valence-corrected chi connectivity index (χ4v) is 5.35. The summed E-state index contributed by atoms with van der Waals surface area (Å²) >= 11 is 0. The number of carbonyl (C=O) groups excluding carboxylic acids is 1. The molecule has 1 aliphatic rings. The van der Waals surface area contributed by atoms with Crippen LogP contribution in [-0.2, 0) is 4.43 Å². The van der Waals surface area contributed by atoms with Crippen LogP contribution in [0.25, 0.3) is 5.57 Å². The van der Waals surface area contributed by atoms with Crippen molar-refractivity contribution in [1.29, 1.82) is 0 Å². The van der Waals surface area contributed by atoms with Crippen LogP contribution in [0.4, 0.5) is 9.18 Å². The molecule has 9 heteroatoms. The summed E-state index contributed by atoms with van der Waals surface area (Å²) in [6, 6.07) is 4.87. The molecule has 35 heavy (non-hydrogen) atoms. The Morgan fingerprint density at radius 1 is 1.31 bits per heavy atom. The number of ether oxygens (including phenoxy) is 1. The van der Waals surface area contributed by atoms with Gasteiger partial charge in [0.2, 0.25) is 0 Å². The van der Waals surface area contributed by atoms with Gasteiger partial charge in [0.1, 0.15) is 6.33 Å². The summed E-state index contributed by atoms with van der Waals surface area (Å²) in [5, 5.41) is 3.05. The van der Waals surface area contributed by atoms with Gasteiger partial charge >= 0.3 is 6.03 Å². The van der Waals surface area contributed by atoms with Gasteiger partial charge in [0.05, 0.1) is 13.2 Å². The van der Waals surface area contributed by atoms with E-state index < -0.39 is 8.32 Å². The van der Waals surface area contributed by atoms with Gasteiger partial charge < -0.3 is 14.5 Å². The van der Waals surface area contributed by atoms with Crippen LogP contribution < -0.4 is 10.1 Å². The van der Waals surface area contributed by atoms with Crippen LogP contribution in [0.2, 0.25) is 18.1 Å². The molecule has 1 atom stereocenters. The molecule has 1 aromatic heterocycles. The number of rotatable bonds is 9. The van der Waals surface area contributed by atoms with E-state index in [1.807, 2.05) is 6.07 Å². The number of carbonyl (C=O) groups is 1. The van der Waals surface area contributed by atoms with Crippen molar-refractivity contribution in [2.75, 3.05) is 33.3 Å². The van der Waals surface area contributed by atoms with Crippen molar-refractivity contribution in [3.05, 3.63) is 54.4 Å². The molecule has 192 valence electrons. The maximum absolute atomic E-state index is 14.2. The van der Waals surface area contributed by atoms with Gasteiger partial charge in [-0.3, -0.25) is 9.47 Å². The predicted molar refractivity (Wildman–Crippen MR) is 140 cm³/mol. The van der Waals surface area contributed by atoms with Crippen molar-refractivity contribution in [2.24, 2.45) is 0 Å². The summed E-state index contributed by atoms with van der Waals surface area (Å²) in [5.74, 6) is -0.0334. The first-order chi connectivity index (χ1) is 16.5. The minimum Gasteiger partial charge on any atom is -0.493 e. The molecule has 2 aromatic rings. The second-order valence-electron chi connectivity index (χ2n) is 10.6. The van der Waals surface area contributed by atoms with Crippen LogP contribution in [-0.4, -0.2) is 68.2 Å². The highest BCUT2D eigenvalue weighted by Gasteiger charge is 2.39. The molecule has 0 aliphatic carbocycles. The zero-order chi connectivity index (χ0) is 25.6. The Morgan fingerprint density at radius 2 is 2.09 bits per heavy atom. The highest BCUT2D eigenvalue weighted by atomic mass is 28.4. The van der Waals surface area contributed by atoms with Gasteiger partial charge in [0.25, 0.3) is 0 Å². The van der Waals surface area contributed by atoms with E-state index in [0.29, 0.717) is 12.3 Å². The van der Waals surface area contributed by atoms with E-state index in [1.54, 1.807) is 18.5 Å². The van der Waals surface area contributed by atoms with Gasteiger partial charge in [-0.25, -0.2) is 14.2 Å². The topological polar surface area (TPSA) is 68.6 Å². The molecular formula is C26H39FN4O3Si. The Hall–Kier alpha value is -2.49. The van der Waals surface area contributed by atoms with Crippen molar-refractivity contribution in [2.45, 2.75) is 57.8 Å². The van der Waals surface area contributed by atoms with Crippen molar-refractivity contribution in [1.82, 2.24) is 19.8 Å². The quantitative estimate of drug-likeness (QED) is 0.480. The molecule has 1 N–H and O–H groups in total. The zero-order valence-electron chi connectivity index (χ0n) is 21.8. The SMILES string of the molecule is COc1c(F)cccc1C1=CCN(C[C@@H](CCNC(=O)n2ccnc2)O[Si](C)(C)C(C)(C)C)CC1. The predicted octanol–water partition coefficient (Wildman–Crippen LogP) is 5.16. The first kappa shape index (κ1) is 27.1. The minimum atomic E-state index is -2.00. The molecule has 0 saturated heterocycles. The summed E-state index contributed by atoms with van der Waals surface area (Å²) in [7, 11) is -0.490. The summed E-state index contributed by atoms with van der Waals surface area (Å²) in [6.45, 7) is 14.1.